The molecule has 0 saturated heterocycles. The monoisotopic (exact) mass is 339 g/mol. The fourth-order valence-corrected chi connectivity index (χ4v) is 2.56. The number of hydrogen-bond acceptors (Lipinski definition) is 4. The van der Waals surface area contributed by atoms with Crippen molar-refractivity contribution in [3.05, 3.63) is 59.7 Å². The van der Waals surface area contributed by atoms with Crippen LogP contribution in [0.25, 0.3) is 6.08 Å². The Morgan fingerprint density at radius 3 is 2.56 bits per heavy atom. The molecule has 0 radical (unpaired) electrons. The van der Waals surface area contributed by atoms with Crippen molar-refractivity contribution < 1.29 is 19.0 Å². The predicted octanol–water partition coefficient (Wildman–Crippen LogP) is 3.36. The normalized spacial score (nSPS) is 14.2. The zero-order valence-corrected chi connectivity index (χ0v) is 14.3. The molecule has 0 aromatic heterocycles. The van der Waals surface area contributed by atoms with E-state index in [0.717, 1.165) is 28.4 Å². The second-order valence-corrected chi connectivity index (χ2v) is 5.74. The van der Waals surface area contributed by atoms with E-state index in [4.69, 9.17) is 14.2 Å². The van der Waals surface area contributed by atoms with Gasteiger partial charge in [-0.2, -0.15) is 0 Å². The Bertz CT molecular complexity index is 768. The highest BCUT2D eigenvalue weighted by Crippen LogP contribution is 2.32. The first-order chi connectivity index (χ1) is 12.2. The first-order valence-electron chi connectivity index (χ1n) is 8.18. The zero-order valence-electron chi connectivity index (χ0n) is 14.3. The third kappa shape index (κ3) is 4.32. The molecule has 5 nitrogen and oxygen atoms in total. The van der Waals surface area contributed by atoms with Crippen molar-refractivity contribution in [3.8, 4) is 17.2 Å². The second kappa shape index (κ2) is 7.75. The molecule has 3 rings (SSSR count). The number of hydrogen-bond donors (Lipinski definition) is 1. The summed E-state index contributed by atoms with van der Waals surface area (Å²) in [5, 5.41) is 2.95. The molecule has 2 aromatic rings. The van der Waals surface area contributed by atoms with Crippen LogP contribution in [0.15, 0.2) is 48.5 Å². The van der Waals surface area contributed by atoms with Crippen LogP contribution >= 0.6 is 0 Å². The van der Waals surface area contributed by atoms with Gasteiger partial charge in [-0.3, -0.25) is 4.79 Å². The average Bonchev–Trinajstić information content (AvgIpc) is 2.66. The Balaban J connectivity index is 1.60. The number of carbonyl (C=O) groups is 1. The van der Waals surface area contributed by atoms with E-state index in [1.54, 1.807) is 13.2 Å². The van der Waals surface area contributed by atoms with Crippen LogP contribution in [-0.2, 0) is 4.79 Å². The molecule has 25 heavy (non-hydrogen) atoms. The molecular formula is C20H21NO4. The van der Waals surface area contributed by atoms with Gasteiger partial charge in [0, 0.05) is 6.08 Å². The summed E-state index contributed by atoms with van der Waals surface area (Å²) in [6.45, 7) is 3.04. The molecule has 1 heterocycles. The van der Waals surface area contributed by atoms with Crippen molar-refractivity contribution in [1.82, 2.24) is 5.32 Å². The van der Waals surface area contributed by atoms with Gasteiger partial charge in [-0.1, -0.05) is 18.2 Å². The van der Waals surface area contributed by atoms with Crippen LogP contribution < -0.4 is 19.5 Å². The Morgan fingerprint density at radius 2 is 1.84 bits per heavy atom. The van der Waals surface area contributed by atoms with Gasteiger partial charge in [-0.05, 0) is 48.4 Å². The minimum atomic E-state index is -0.154. The quantitative estimate of drug-likeness (QED) is 0.849. The number of methoxy groups -OCH3 is 1. The van der Waals surface area contributed by atoms with E-state index in [-0.39, 0.29) is 11.9 Å². The topological polar surface area (TPSA) is 56.8 Å². The van der Waals surface area contributed by atoms with E-state index in [1.165, 1.54) is 6.08 Å². The van der Waals surface area contributed by atoms with E-state index in [2.05, 4.69) is 5.32 Å². The van der Waals surface area contributed by atoms with E-state index in [0.29, 0.717) is 13.2 Å². The lowest BCUT2D eigenvalue weighted by atomic mass is 10.1. The molecule has 0 aliphatic carbocycles. The van der Waals surface area contributed by atoms with Crippen LogP contribution in [0.3, 0.4) is 0 Å². The summed E-state index contributed by atoms with van der Waals surface area (Å²) in [7, 11) is 1.62. The maximum Gasteiger partial charge on any atom is 0.244 e. The standard InChI is InChI=1S/C20H21NO4/c1-14(16-6-9-18-19(13-16)25-12-11-24-18)21-20(22)10-5-15-3-7-17(23-2)8-4-15/h3-10,13-14H,11-12H2,1-2H3,(H,21,22)/b10-5+. The Morgan fingerprint density at radius 1 is 1.12 bits per heavy atom. The van der Waals surface area contributed by atoms with Crippen molar-refractivity contribution in [1.29, 1.82) is 0 Å². The third-order valence-corrected chi connectivity index (χ3v) is 3.97. The largest absolute Gasteiger partial charge is 0.497 e. The van der Waals surface area contributed by atoms with Gasteiger partial charge < -0.3 is 19.5 Å². The smallest absolute Gasteiger partial charge is 0.244 e. The van der Waals surface area contributed by atoms with Crippen LogP contribution in [0.1, 0.15) is 24.1 Å². The molecule has 130 valence electrons. The summed E-state index contributed by atoms with van der Waals surface area (Å²) >= 11 is 0. The molecule has 1 atom stereocenters. The second-order valence-electron chi connectivity index (χ2n) is 5.74. The summed E-state index contributed by atoms with van der Waals surface area (Å²) in [5.41, 5.74) is 1.90. The van der Waals surface area contributed by atoms with Gasteiger partial charge in [-0.25, -0.2) is 0 Å². The van der Waals surface area contributed by atoms with Gasteiger partial charge in [0.1, 0.15) is 19.0 Å². The molecule has 1 aliphatic rings. The molecule has 0 saturated carbocycles. The van der Waals surface area contributed by atoms with Crippen molar-refractivity contribution in [2.24, 2.45) is 0 Å². The summed E-state index contributed by atoms with van der Waals surface area (Å²) in [4.78, 5) is 12.1. The van der Waals surface area contributed by atoms with Crippen LogP contribution in [0.4, 0.5) is 0 Å². The Kier molecular flexibility index (Phi) is 5.23. The first kappa shape index (κ1) is 16.9. The third-order valence-electron chi connectivity index (χ3n) is 3.97. The molecule has 1 aliphatic heterocycles. The number of fused-ring (bicyclic) bond motifs is 1. The van der Waals surface area contributed by atoms with Crippen molar-refractivity contribution >= 4 is 12.0 Å². The van der Waals surface area contributed by atoms with Crippen molar-refractivity contribution in [2.45, 2.75) is 13.0 Å². The lowest BCUT2D eigenvalue weighted by molar-refractivity contribution is -0.117. The SMILES string of the molecule is COc1ccc(/C=C/C(=O)NC(C)c2ccc3c(c2)OCCO3)cc1. The highest BCUT2D eigenvalue weighted by Gasteiger charge is 2.15. The molecule has 0 fully saturated rings. The summed E-state index contributed by atoms with van der Waals surface area (Å²) in [6, 6.07) is 13.1. The van der Waals surface area contributed by atoms with Gasteiger partial charge in [0.05, 0.1) is 13.2 Å². The Labute approximate surface area is 147 Å². The van der Waals surface area contributed by atoms with Crippen LogP contribution in [0, 0.1) is 0 Å². The summed E-state index contributed by atoms with van der Waals surface area (Å²) in [5.74, 6) is 2.10. The van der Waals surface area contributed by atoms with Crippen LogP contribution in [0.2, 0.25) is 0 Å². The van der Waals surface area contributed by atoms with E-state index < -0.39 is 0 Å². The molecule has 5 heteroatoms. The fourth-order valence-electron chi connectivity index (χ4n) is 2.56. The molecule has 1 amide bonds. The lowest BCUT2D eigenvalue weighted by Crippen LogP contribution is -2.25. The van der Waals surface area contributed by atoms with Crippen LogP contribution in [-0.4, -0.2) is 26.2 Å². The summed E-state index contributed by atoms with van der Waals surface area (Å²) < 4.78 is 16.2. The Hall–Kier alpha value is -2.95. The number of benzene rings is 2. The summed E-state index contributed by atoms with van der Waals surface area (Å²) in [6.07, 6.45) is 3.29. The molecule has 0 bridgehead atoms. The number of rotatable bonds is 5. The maximum atomic E-state index is 12.1. The highest BCUT2D eigenvalue weighted by atomic mass is 16.6. The molecule has 2 aromatic carbocycles. The molecular weight excluding hydrogens is 318 g/mol. The van der Waals surface area contributed by atoms with E-state index in [1.807, 2.05) is 49.4 Å². The van der Waals surface area contributed by atoms with Gasteiger partial charge in [-0.15, -0.1) is 0 Å². The van der Waals surface area contributed by atoms with Crippen molar-refractivity contribution in [2.75, 3.05) is 20.3 Å². The number of carbonyl (C=O) groups excluding carboxylic acids is 1. The average molecular weight is 339 g/mol. The highest BCUT2D eigenvalue weighted by molar-refractivity contribution is 5.92. The van der Waals surface area contributed by atoms with Gasteiger partial charge >= 0.3 is 0 Å². The minimum absolute atomic E-state index is 0.135. The first-order valence-corrected chi connectivity index (χ1v) is 8.18. The van der Waals surface area contributed by atoms with Gasteiger partial charge in [0.25, 0.3) is 0 Å². The lowest BCUT2D eigenvalue weighted by Gasteiger charge is -2.20. The molecule has 1 N–H and O–H groups in total. The molecule has 1 unspecified atom stereocenters. The fraction of sp³-hybridized carbons (Fsp3) is 0.250. The van der Waals surface area contributed by atoms with E-state index >= 15 is 0 Å². The van der Waals surface area contributed by atoms with E-state index in [9.17, 15) is 4.79 Å². The maximum absolute atomic E-state index is 12.1. The van der Waals surface area contributed by atoms with Crippen molar-refractivity contribution in [3.63, 3.8) is 0 Å². The van der Waals surface area contributed by atoms with Gasteiger partial charge in [0.15, 0.2) is 11.5 Å². The predicted molar refractivity (Wildman–Crippen MR) is 96.0 cm³/mol. The number of ether oxygens (including phenoxy) is 3. The number of amides is 1. The zero-order chi connectivity index (χ0) is 17.6. The number of nitrogens with one attached hydrogen (secondary N) is 1. The minimum Gasteiger partial charge on any atom is -0.497 e. The molecule has 0 spiro atoms. The van der Waals surface area contributed by atoms with Gasteiger partial charge in [0.2, 0.25) is 5.91 Å². The van der Waals surface area contributed by atoms with Crippen LogP contribution in [0.5, 0.6) is 17.2 Å².